The maximum absolute atomic E-state index is 11.9. The summed E-state index contributed by atoms with van der Waals surface area (Å²) in [5.41, 5.74) is -0.344. The van der Waals surface area contributed by atoms with Crippen LogP contribution in [0.1, 0.15) is 10.4 Å². The number of thiazole rings is 1. The number of aromatic nitrogens is 2. The molecule has 2 heterocycles. The minimum Gasteiger partial charge on any atom is -0.347 e. The molecule has 7 heteroatoms. The van der Waals surface area contributed by atoms with Crippen molar-refractivity contribution in [2.24, 2.45) is 0 Å². The van der Waals surface area contributed by atoms with E-state index in [0.29, 0.717) is 9.44 Å². The van der Waals surface area contributed by atoms with Crippen LogP contribution in [0.4, 0.5) is 0 Å². The lowest BCUT2D eigenvalue weighted by Gasteiger charge is -2.03. The van der Waals surface area contributed by atoms with Gasteiger partial charge < -0.3 is 5.32 Å². The van der Waals surface area contributed by atoms with Crippen molar-refractivity contribution in [2.45, 2.75) is 0 Å². The average Bonchev–Trinajstić information content (AvgIpc) is 2.75. The molecule has 0 bridgehead atoms. The van der Waals surface area contributed by atoms with E-state index in [2.05, 4.69) is 32.8 Å². The van der Waals surface area contributed by atoms with E-state index in [0.717, 1.165) is 0 Å². The zero-order chi connectivity index (χ0) is 12.4. The van der Waals surface area contributed by atoms with Crippen LogP contribution in [0.2, 0.25) is 0 Å². The maximum atomic E-state index is 11.9. The van der Waals surface area contributed by atoms with Crippen molar-refractivity contribution in [3.63, 3.8) is 0 Å². The SMILES string of the molecule is C=C(Br)CNC(=O)c1cnc2sccn2c1=O. The number of carbonyl (C=O) groups excluding carboxylic acids is 1. The van der Waals surface area contributed by atoms with E-state index in [1.807, 2.05) is 0 Å². The smallest absolute Gasteiger partial charge is 0.271 e. The fraction of sp³-hybridized carbons (Fsp3) is 0.100. The van der Waals surface area contributed by atoms with Gasteiger partial charge in [-0.3, -0.25) is 14.0 Å². The molecule has 0 saturated carbocycles. The molecule has 0 aliphatic heterocycles. The van der Waals surface area contributed by atoms with Gasteiger partial charge >= 0.3 is 0 Å². The van der Waals surface area contributed by atoms with Crippen LogP contribution in [-0.4, -0.2) is 21.8 Å². The first kappa shape index (κ1) is 12.0. The van der Waals surface area contributed by atoms with Crippen molar-refractivity contribution in [3.05, 3.63) is 44.8 Å². The molecule has 2 rings (SSSR count). The summed E-state index contributed by atoms with van der Waals surface area (Å²) in [5.74, 6) is -0.455. The normalized spacial score (nSPS) is 10.4. The number of halogens is 1. The van der Waals surface area contributed by atoms with Gasteiger partial charge in [0.15, 0.2) is 4.96 Å². The summed E-state index contributed by atoms with van der Waals surface area (Å²) >= 11 is 4.46. The van der Waals surface area contributed by atoms with E-state index >= 15 is 0 Å². The highest BCUT2D eigenvalue weighted by molar-refractivity contribution is 9.11. The Kier molecular flexibility index (Phi) is 3.39. The van der Waals surface area contributed by atoms with E-state index < -0.39 is 5.91 Å². The maximum Gasteiger partial charge on any atom is 0.271 e. The Morgan fingerprint density at radius 2 is 2.41 bits per heavy atom. The molecule has 1 N–H and O–H groups in total. The Morgan fingerprint density at radius 1 is 1.65 bits per heavy atom. The van der Waals surface area contributed by atoms with Crippen LogP contribution in [0, 0.1) is 0 Å². The Balaban J connectivity index is 2.35. The van der Waals surface area contributed by atoms with E-state index in [9.17, 15) is 9.59 Å². The molecule has 17 heavy (non-hydrogen) atoms. The number of fused-ring (bicyclic) bond motifs is 1. The van der Waals surface area contributed by atoms with E-state index in [1.54, 1.807) is 11.6 Å². The first-order valence-electron chi connectivity index (χ1n) is 4.66. The highest BCUT2D eigenvalue weighted by atomic mass is 79.9. The van der Waals surface area contributed by atoms with Crippen molar-refractivity contribution >= 4 is 38.1 Å². The van der Waals surface area contributed by atoms with Crippen molar-refractivity contribution in [2.75, 3.05) is 6.54 Å². The summed E-state index contributed by atoms with van der Waals surface area (Å²) in [6.45, 7) is 3.86. The molecular weight excluding hydrogens is 306 g/mol. The number of amides is 1. The van der Waals surface area contributed by atoms with Crippen LogP contribution in [0.15, 0.2) is 33.6 Å². The summed E-state index contributed by atoms with van der Waals surface area (Å²) in [4.78, 5) is 28.2. The van der Waals surface area contributed by atoms with E-state index in [-0.39, 0.29) is 17.7 Å². The molecule has 0 atom stereocenters. The molecule has 2 aromatic heterocycles. The van der Waals surface area contributed by atoms with Crippen LogP contribution < -0.4 is 10.9 Å². The van der Waals surface area contributed by atoms with Crippen molar-refractivity contribution in [1.82, 2.24) is 14.7 Å². The molecule has 0 spiro atoms. The molecule has 0 radical (unpaired) electrons. The molecule has 0 unspecified atom stereocenters. The summed E-state index contributed by atoms with van der Waals surface area (Å²) < 4.78 is 1.98. The lowest BCUT2D eigenvalue weighted by molar-refractivity contribution is 0.0956. The molecule has 2 aromatic rings. The molecule has 0 aliphatic carbocycles. The lowest BCUT2D eigenvalue weighted by atomic mass is 10.3. The molecule has 88 valence electrons. The molecular formula is C10H8BrN3O2S. The molecule has 5 nitrogen and oxygen atoms in total. The van der Waals surface area contributed by atoms with Gasteiger partial charge in [-0.15, -0.1) is 11.3 Å². The third kappa shape index (κ3) is 2.45. The van der Waals surface area contributed by atoms with E-state index in [1.165, 1.54) is 21.9 Å². The zero-order valence-electron chi connectivity index (χ0n) is 8.64. The van der Waals surface area contributed by atoms with Crippen LogP contribution in [0.5, 0.6) is 0 Å². The number of hydrogen-bond acceptors (Lipinski definition) is 4. The van der Waals surface area contributed by atoms with Crippen LogP contribution in [-0.2, 0) is 0 Å². The van der Waals surface area contributed by atoms with Gasteiger partial charge in [0.05, 0.1) is 0 Å². The monoisotopic (exact) mass is 313 g/mol. The first-order chi connectivity index (χ1) is 8.09. The second-order valence-electron chi connectivity index (χ2n) is 3.23. The van der Waals surface area contributed by atoms with Gasteiger partial charge in [0, 0.05) is 28.8 Å². The molecule has 0 fully saturated rings. The van der Waals surface area contributed by atoms with Crippen LogP contribution in [0.3, 0.4) is 0 Å². The third-order valence-corrected chi connectivity index (χ3v) is 3.08. The number of hydrogen-bond donors (Lipinski definition) is 1. The van der Waals surface area contributed by atoms with Gasteiger partial charge in [-0.2, -0.15) is 0 Å². The van der Waals surface area contributed by atoms with Crippen molar-refractivity contribution < 1.29 is 4.79 Å². The Hall–Kier alpha value is -1.47. The van der Waals surface area contributed by atoms with Gasteiger partial charge in [-0.1, -0.05) is 22.5 Å². The van der Waals surface area contributed by atoms with Gasteiger partial charge in [0.2, 0.25) is 0 Å². The van der Waals surface area contributed by atoms with Gasteiger partial charge in [0.25, 0.3) is 11.5 Å². The van der Waals surface area contributed by atoms with Gasteiger partial charge in [-0.05, 0) is 0 Å². The summed E-state index contributed by atoms with van der Waals surface area (Å²) in [6, 6.07) is 0. The summed E-state index contributed by atoms with van der Waals surface area (Å²) in [6.07, 6.45) is 2.88. The standard InChI is InChI=1S/C10H8BrN3O2S/c1-6(11)4-12-8(15)7-5-13-10-14(9(7)16)2-3-17-10/h2-3,5H,1,4H2,(H,12,15). The Morgan fingerprint density at radius 3 is 3.12 bits per heavy atom. The Bertz CT molecular complexity index is 646. The average molecular weight is 314 g/mol. The quantitative estimate of drug-likeness (QED) is 0.931. The number of rotatable bonds is 3. The molecule has 1 amide bonds. The number of nitrogens with zero attached hydrogens (tertiary/aromatic N) is 2. The Labute approximate surface area is 109 Å². The summed E-state index contributed by atoms with van der Waals surface area (Å²) in [5, 5.41) is 4.30. The molecule has 0 saturated heterocycles. The first-order valence-corrected chi connectivity index (χ1v) is 6.33. The summed E-state index contributed by atoms with van der Waals surface area (Å²) in [7, 11) is 0. The lowest BCUT2D eigenvalue weighted by Crippen LogP contribution is -2.31. The topological polar surface area (TPSA) is 63.5 Å². The number of carbonyl (C=O) groups is 1. The minimum atomic E-state index is -0.455. The minimum absolute atomic E-state index is 0.0228. The van der Waals surface area contributed by atoms with Gasteiger partial charge in [-0.25, -0.2) is 4.98 Å². The molecule has 0 aliphatic rings. The predicted octanol–water partition coefficient (Wildman–Crippen LogP) is 1.39. The van der Waals surface area contributed by atoms with E-state index in [4.69, 9.17) is 0 Å². The highest BCUT2D eigenvalue weighted by Gasteiger charge is 2.13. The predicted molar refractivity (Wildman–Crippen MR) is 69.7 cm³/mol. The fourth-order valence-electron chi connectivity index (χ4n) is 1.25. The number of nitrogens with one attached hydrogen (secondary N) is 1. The van der Waals surface area contributed by atoms with Gasteiger partial charge in [0.1, 0.15) is 5.56 Å². The second kappa shape index (κ2) is 4.80. The fourth-order valence-corrected chi connectivity index (χ4v) is 2.07. The van der Waals surface area contributed by atoms with Crippen LogP contribution >= 0.6 is 27.3 Å². The zero-order valence-corrected chi connectivity index (χ0v) is 11.0. The van der Waals surface area contributed by atoms with Crippen LogP contribution in [0.25, 0.3) is 4.96 Å². The van der Waals surface area contributed by atoms with Crippen molar-refractivity contribution in [3.8, 4) is 0 Å². The molecule has 0 aromatic carbocycles. The van der Waals surface area contributed by atoms with Crippen molar-refractivity contribution in [1.29, 1.82) is 0 Å². The second-order valence-corrected chi connectivity index (χ2v) is 5.23. The third-order valence-electron chi connectivity index (χ3n) is 2.03. The largest absolute Gasteiger partial charge is 0.347 e. The highest BCUT2D eigenvalue weighted by Crippen LogP contribution is 2.05.